The molecule has 1 heterocycles. The molecule has 31 heavy (non-hydrogen) atoms. The van der Waals surface area contributed by atoms with Crippen LogP contribution in [0.2, 0.25) is 0 Å². The Morgan fingerprint density at radius 1 is 1.29 bits per heavy atom. The summed E-state index contributed by atoms with van der Waals surface area (Å²) in [5, 5.41) is 6.17. The molecule has 0 spiro atoms. The number of benzene rings is 1. The fraction of sp³-hybridized carbons (Fsp3) is 0.500. The molecule has 0 bridgehead atoms. The largest absolute Gasteiger partial charge is 0.484 e. The second kappa shape index (κ2) is 13.1. The third-order valence-electron chi connectivity index (χ3n) is 4.10. The highest BCUT2D eigenvalue weighted by Crippen LogP contribution is 2.21. The molecule has 11 heteroatoms. The summed E-state index contributed by atoms with van der Waals surface area (Å²) in [5.74, 6) is 0.887. The quantitative estimate of drug-likeness (QED) is 0.260. The van der Waals surface area contributed by atoms with Crippen molar-refractivity contribution in [3.05, 3.63) is 45.9 Å². The normalized spacial score (nSPS) is 12.8. The van der Waals surface area contributed by atoms with Crippen molar-refractivity contribution in [2.45, 2.75) is 39.2 Å². The summed E-state index contributed by atoms with van der Waals surface area (Å²) in [7, 11) is 3.58. The number of nitrogens with zero attached hydrogens (tertiary/aromatic N) is 3. The maximum Gasteiger partial charge on any atom is 0.422 e. The maximum atomic E-state index is 12.2. The van der Waals surface area contributed by atoms with Crippen LogP contribution in [0.4, 0.5) is 13.2 Å². The van der Waals surface area contributed by atoms with Gasteiger partial charge in [-0.15, -0.1) is 35.3 Å². The summed E-state index contributed by atoms with van der Waals surface area (Å²) in [4.78, 5) is 11.2. The smallest absolute Gasteiger partial charge is 0.422 e. The Morgan fingerprint density at radius 3 is 2.55 bits per heavy atom. The van der Waals surface area contributed by atoms with E-state index >= 15 is 0 Å². The van der Waals surface area contributed by atoms with Crippen LogP contribution < -0.4 is 10.1 Å². The predicted octanol–water partition coefficient (Wildman–Crippen LogP) is 5.01. The lowest BCUT2D eigenvalue weighted by Crippen LogP contribution is -2.38. The average Bonchev–Trinajstić information content (AvgIpc) is 3.17. The van der Waals surface area contributed by atoms with Crippen LogP contribution in [0.15, 0.2) is 34.6 Å². The lowest BCUT2D eigenvalue weighted by atomic mass is 10.2. The zero-order valence-electron chi connectivity index (χ0n) is 17.9. The van der Waals surface area contributed by atoms with Crippen LogP contribution in [0, 0.1) is 0 Å². The fourth-order valence-corrected chi connectivity index (χ4v) is 3.33. The summed E-state index contributed by atoms with van der Waals surface area (Å²) in [5.41, 5.74) is 1.79. The van der Waals surface area contributed by atoms with Crippen LogP contribution >= 0.6 is 35.3 Å². The van der Waals surface area contributed by atoms with Gasteiger partial charge in [-0.3, -0.25) is 0 Å². The minimum Gasteiger partial charge on any atom is -0.484 e. The maximum absolute atomic E-state index is 12.2. The van der Waals surface area contributed by atoms with Gasteiger partial charge in [0.15, 0.2) is 12.6 Å². The first-order valence-electron chi connectivity index (χ1n) is 9.47. The van der Waals surface area contributed by atoms with Crippen molar-refractivity contribution in [3.63, 3.8) is 0 Å². The van der Waals surface area contributed by atoms with E-state index < -0.39 is 12.8 Å². The van der Waals surface area contributed by atoms with E-state index in [1.165, 1.54) is 12.1 Å². The van der Waals surface area contributed by atoms with Crippen molar-refractivity contribution in [1.29, 1.82) is 0 Å². The highest BCUT2D eigenvalue weighted by molar-refractivity contribution is 14.0. The number of hydrogen-bond acceptors (Lipinski definition) is 5. The molecule has 174 valence electrons. The molecule has 0 radical (unpaired) electrons. The van der Waals surface area contributed by atoms with Crippen LogP contribution in [0.3, 0.4) is 0 Å². The SMILES string of the molecule is CCNC(=NCc1ccc(OCC(F)(F)F)cc1)N(C)Cc1csc(C(C)OC)n1.I. The molecule has 1 atom stereocenters. The molecule has 1 aromatic carbocycles. The van der Waals surface area contributed by atoms with Gasteiger partial charge in [-0.2, -0.15) is 13.2 Å². The number of alkyl halides is 3. The van der Waals surface area contributed by atoms with E-state index in [4.69, 9.17) is 9.47 Å². The van der Waals surface area contributed by atoms with Gasteiger partial charge in [-0.1, -0.05) is 12.1 Å². The molecule has 1 unspecified atom stereocenters. The Morgan fingerprint density at radius 2 is 1.97 bits per heavy atom. The van der Waals surface area contributed by atoms with Crippen molar-refractivity contribution < 1.29 is 22.6 Å². The fourth-order valence-electron chi connectivity index (χ4n) is 2.49. The van der Waals surface area contributed by atoms with Crippen molar-refractivity contribution in [2.24, 2.45) is 4.99 Å². The van der Waals surface area contributed by atoms with Gasteiger partial charge in [0.2, 0.25) is 0 Å². The van der Waals surface area contributed by atoms with Crippen LogP contribution in [0.1, 0.15) is 36.2 Å². The Hall–Kier alpha value is -1.60. The van der Waals surface area contributed by atoms with Gasteiger partial charge in [0.05, 0.1) is 18.8 Å². The molecule has 0 aliphatic heterocycles. The number of hydrogen-bond donors (Lipinski definition) is 1. The molecule has 0 aliphatic carbocycles. The van der Waals surface area contributed by atoms with E-state index in [0.717, 1.165) is 16.3 Å². The van der Waals surface area contributed by atoms with E-state index in [0.29, 0.717) is 25.6 Å². The molecule has 6 nitrogen and oxygen atoms in total. The third-order valence-corrected chi connectivity index (χ3v) is 5.16. The summed E-state index contributed by atoms with van der Waals surface area (Å²) in [6.07, 6.45) is -4.40. The van der Waals surface area contributed by atoms with E-state index in [1.807, 2.05) is 31.2 Å². The molecular weight excluding hydrogens is 544 g/mol. The highest BCUT2D eigenvalue weighted by atomic mass is 127. The van der Waals surface area contributed by atoms with Gasteiger partial charge >= 0.3 is 6.18 Å². The van der Waals surface area contributed by atoms with Gasteiger partial charge in [-0.05, 0) is 31.5 Å². The molecule has 2 aromatic rings. The number of guanidine groups is 1. The molecular formula is C20H28F3IN4O2S. The van der Waals surface area contributed by atoms with Crippen LogP contribution in [-0.4, -0.2) is 49.3 Å². The van der Waals surface area contributed by atoms with Crippen molar-refractivity contribution in [1.82, 2.24) is 15.2 Å². The average molecular weight is 572 g/mol. The van der Waals surface area contributed by atoms with Gasteiger partial charge in [-0.25, -0.2) is 9.98 Å². The van der Waals surface area contributed by atoms with Crippen molar-refractivity contribution in [3.8, 4) is 5.75 Å². The molecule has 0 aliphatic rings. The molecule has 2 rings (SSSR count). The molecule has 1 N–H and O–H groups in total. The second-order valence-electron chi connectivity index (χ2n) is 6.63. The predicted molar refractivity (Wildman–Crippen MR) is 127 cm³/mol. The highest BCUT2D eigenvalue weighted by Gasteiger charge is 2.28. The van der Waals surface area contributed by atoms with E-state index in [9.17, 15) is 13.2 Å². The first kappa shape index (κ1) is 27.4. The molecule has 0 saturated carbocycles. The number of aromatic nitrogens is 1. The van der Waals surface area contributed by atoms with Gasteiger partial charge < -0.3 is 19.7 Å². The van der Waals surface area contributed by atoms with Crippen molar-refractivity contribution >= 4 is 41.3 Å². The number of aliphatic imine (C=N–C) groups is 1. The molecule has 1 aromatic heterocycles. The second-order valence-corrected chi connectivity index (χ2v) is 7.52. The number of halogens is 4. The van der Waals surface area contributed by atoms with Crippen molar-refractivity contribution in [2.75, 3.05) is 27.3 Å². The van der Waals surface area contributed by atoms with Gasteiger partial charge in [0.25, 0.3) is 0 Å². The lowest BCUT2D eigenvalue weighted by Gasteiger charge is -2.21. The number of ether oxygens (including phenoxy) is 2. The van der Waals surface area contributed by atoms with E-state index in [1.54, 1.807) is 30.6 Å². The van der Waals surface area contributed by atoms with E-state index in [2.05, 4.69) is 15.3 Å². The molecule has 0 amide bonds. The zero-order chi connectivity index (χ0) is 22.1. The summed E-state index contributed by atoms with van der Waals surface area (Å²) >= 11 is 1.56. The Labute approximate surface area is 201 Å². The Balaban J connectivity index is 0.00000480. The third kappa shape index (κ3) is 9.60. The first-order chi connectivity index (χ1) is 14.2. The minimum absolute atomic E-state index is 0. The van der Waals surface area contributed by atoms with Gasteiger partial charge in [0, 0.05) is 26.1 Å². The monoisotopic (exact) mass is 572 g/mol. The minimum atomic E-state index is -4.35. The molecule has 0 saturated heterocycles. The van der Waals surface area contributed by atoms with Crippen LogP contribution in [0.5, 0.6) is 5.75 Å². The molecule has 0 fully saturated rings. The Bertz CT molecular complexity index is 816. The first-order valence-corrected chi connectivity index (χ1v) is 10.3. The number of rotatable bonds is 9. The topological polar surface area (TPSA) is 59.0 Å². The summed E-state index contributed by atoms with van der Waals surface area (Å²) < 4.78 is 46.7. The Kier molecular flexibility index (Phi) is 11.6. The number of thiazole rings is 1. The lowest BCUT2D eigenvalue weighted by molar-refractivity contribution is -0.153. The standard InChI is InChI=1S/C20H27F3N4O2S.HI/c1-5-24-19(27(3)11-16-12-30-18(26-16)14(2)28-4)25-10-15-6-8-17(9-7-15)29-13-20(21,22)23;/h6-9,12,14H,5,10-11,13H2,1-4H3,(H,24,25);1H. The van der Waals surface area contributed by atoms with Crippen LogP contribution in [0.25, 0.3) is 0 Å². The summed E-state index contributed by atoms with van der Waals surface area (Å²) in [6, 6.07) is 6.44. The number of nitrogens with one attached hydrogen (secondary N) is 1. The summed E-state index contributed by atoms with van der Waals surface area (Å²) in [6.45, 7) is 4.31. The van der Waals surface area contributed by atoms with E-state index in [-0.39, 0.29) is 35.8 Å². The van der Waals surface area contributed by atoms with Crippen LogP contribution in [-0.2, 0) is 17.8 Å². The zero-order valence-corrected chi connectivity index (χ0v) is 21.0. The number of methoxy groups -OCH3 is 1. The van der Waals surface area contributed by atoms with Gasteiger partial charge in [0.1, 0.15) is 16.9 Å².